The molecule has 1 aromatic carbocycles. The first-order valence-electron chi connectivity index (χ1n) is 6.74. The molecule has 22 heavy (non-hydrogen) atoms. The Bertz CT molecular complexity index is 545. The number of benzene rings is 1. The number of hydrogen-bond donors (Lipinski definition) is 2. The number of nitrogens with zero attached hydrogens (tertiary/aromatic N) is 3. The highest BCUT2D eigenvalue weighted by atomic mass is 35.5. The van der Waals surface area contributed by atoms with Crippen LogP contribution in [-0.2, 0) is 4.74 Å². The second kappa shape index (κ2) is 9.88. The van der Waals surface area contributed by atoms with Crippen molar-refractivity contribution in [2.24, 2.45) is 0 Å². The van der Waals surface area contributed by atoms with Crippen molar-refractivity contribution in [1.29, 1.82) is 0 Å². The number of halogens is 1. The standard InChI is InChI=1S/C14H19N5O2.ClH/c1-21-9-8-15-6-7-16-14(20)12-2-4-13(5-3-12)19-10-17-18-11-19;/h2-5,10-11,15H,6-9H2,1H3,(H,16,20);1H. The van der Waals surface area contributed by atoms with Crippen LogP contribution in [0.4, 0.5) is 0 Å². The number of carbonyl (C=O) groups is 1. The highest BCUT2D eigenvalue weighted by molar-refractivity contribution is 5.94. The third-order valence-corrected chi connectivity index (χ3v) is 2.92. The van der Waals surface area contributed by atoms with Gasteiger partial charge in [0.25, 0.3) is 5.91 Å². The first kappa shape index (κ1) is 18.1. The van der Waals surface area contributed by atoms with Gasteiger partial charge in [0.05, 0.1) is 6.61 Å². The Balaban J connectivity index is 0.00000242. The van der Waals surface area contributed by atoms with Gasteiger partial charge in [-0.25, -0.2) is 0 Å². The minimum absolute atomic E-state index is 0. The van der Waals surface area contributed by atoms with E-state index in [9.17, 15) is 4.79 Å². The summed E-state index contributed by atoms with van der Waals surface area (Å²) in [5, 5.41) is 13.5. The van der Waals surface area contributed by atoms with E-state index in [2.05, 4.69) is 20.8 Å². The van der Waals surface area contributed by atoms with Crippen LogP contribution in [0.1, 0.15) is 10.4 Å². The summed E-state index contributed by atoms with van der Waals surface area (Å²) in [5.41, 5.74) is 1.54. The molecule has 0 bridgehead atoms. The van der Waals surface area contributed by atoms with Gasteiger partial charge in [0.15, 0.2) is 0 Å². The van der Waals surface area contributed by atoms with Crippen molar-refractivity contribution in [2.75, 3.05) is 33.4 Å². The molecule has 2 aromatic rings. The number of ether oxygens (including phenoxy) is 1. The van der Waals surface area contributed by atoms with Gasteiger partial charge in [0.2, 0.25) is 0 Å². The molecule has 0 aliphatic heterocycles. The van der Waals surface area contributed by atoms with Crippen molar-refractivity contribution < 1.29 is 9.53 Å². The average molecular weight is 326 g/mol. The summed E-state index contributed by atoms with van der Waals surface area (Å²) in [7, 11) is 1.66. The molecule has 0 spiro atoms. The van der Waals surface area contributed by atoms with Crippen molar-refractivity contribution in [1.82, 2.24) is 25.4 Å². The topological polar surface area (TPSA) is 81.1 Å². The van der Waals surface area contributed by atoms with Gasteiger partial charge in [0, 0.05) is 38.0 Å². The van der Waals surface area contributed by atoms with E-state index in [1.54, 1.807) is 36.5 Å². The van der Waals surface area contributed by atoms with E-state index in [0.717, 1.165) is 12.2 Å². The van der Waals surface area contributed by atoms with E-state index in [-0.39, 0.29) is 18.3 Å². The molecule has 0 unspecified atom stereocenters. The number of methoxy groups -OCH3 is 1. The van der Waals surface area contributed by atoms with E-state index < -0.39 is 0 Å². The van der Waals surface area contributed by atoms with Crippen LogP contribution in [0.3, 0.4) is 0 Å². The van der Waals surface area contributed by atoms with E-state index in [1.165, 1.54) is 0 Å². The lowest BCUT2D eigenvalue weighted by molar-refractivity contribution is 0.0953. The van der Waals surface area contributed by atoms with Gasteiger partial charge < -0.3 is 15.4 Å². The molecule has 1 amide bonds. The summed E-state index contributed by atoms with van der Waals surface area (Å²) in [6.45, 7) is 2.74. The third kappa shape index (κ3) is 5.44. The summed E-state index contributed by atoms with van der Waals surface area (Å²) in [5.74, 6) is -0.0844. The molecular weight excluding hydrogens is 306 g/mol. The minimum Gasteiger partial charge on any atom is -0.383 e. The van der Waals surface area contributed by atoms with Crippen molar-refractivity contribution in [3.8, 4) is 5.69 Å². The maximum absolute atomic E-state index is 11.9. The lowest BCUT2D eigenvalue weighted by Gasteiger charge is -2.07. The van der Waals surface area contributed by atoms with Crippen LogP contribution >= 0.6 is 12.4 Å². The van der Waals surface area contributed by atoms with Crippen LogP contribution in [0.25, 0.3) is 5.69 Å². The monoisotopic (exact) mass is 325 g/mol. The smallest absolute Gasteiger partial charge is 0.251 e. The Labute approximate surface area is 135 Å². The summed E-state index contributed by atoms with van der Waals surface area (Å²) in [6, 6.07) is 7.27. The second-order valence-electron chi connectivity index (χ2n) is 4.41. The number of nitrogens with one attached hydrogen (secondary N) is 2. The molecule has 0 saturated carbocycles. The van der Waals surface area contributed by atoms with E-state index in [1.807, 2.05) is 12.1 Å². The molecule has 7 nitrogen and oxygen atoms in total. The quantitative estimate of drug-likeness (QED) is 0.697. The number of carbonyl (C=O) groups excluding carboxylic acids is 1. The molecule has 0 aliphatic rings. The van der Waals surface area contributed by atoms with Crippen LogP contribution in [0.5, 0.6) is 0 Å². The zero-order chi connectivity index (χ0) is 14.9. The van der Waals surface area contributed by atoms with Crippen LogP contribution in [0, 0.1) is 0 Å². The van der Waals surface area contributed by atoms with Crippen molar-refractivity contribution in [2.45, 2.75) is 0 Å². The number of rotatable bonds is 8. The fraction of sp³-hybridized carbons (Fsp3) is 0.357. The zero-order valence-electron chi connectivity index (χ0n) is 12.4. The molecule has 0 saturated heterocycles. The number of amides is 1. The van der Waals surface area contributed by atoms with Crippen molar-refractivity contribution in [3.63, 3.8) is 0 Å². The number of hydrogen-bond acceptors (Lipinski definition) is 5. The molecule has 1 heterocycles. The zero-order valence-corrected chi connectivity index (χ0v) is 13.2. The third-order valence-electron chi connectivity index (χ3n) is 2.92. The molecule has 120 valence electrons. The Morgan fingerprint density at radius 1 is 1.14 bits per heavy atom. The maximum Gasteiger partial charge on any atom is 0.251 e. The Kier molecular flexibility index (Phi) is 8.13. The fourth-order valence-electron chi connectivity index (χ4n) is 1.78. The van der Waals surface area contributed by atoms with E-state index >= 15 is 0 Å². The van der Waals surface area contributed by atoms with Crippen LogP contribution in [0.15, 0.2) is 36.9 Å². The predicted molar refractivity (Wildman–Crippen MR) is 85.7 cm³/mol. The largest absolute Gasteiger partial charge is 0.383 e. The average Bonchev–Trinajstić information content (AvgIpc) is 3.05. The second-order valence-corrected chi connectivity index (χ2v) is 4.41. The maximum atomic E-state index is 11.9. The molecule has 2 rings (SSSR count). The van der Waals surface area contributed by atoms with Crippen molar-refractivity contribution in [3.05, 3.63) is 42.5 Å². The van der Waals surface area contributed by atoms with Crippen LogP contribution in [-0.4, -0.2) is 54.0 Å². The van der Waals surface area contributed by atoms with Crippen LogP contribution < -0.4 is 10.6 Å². The normalized spacial score (nSPS) is 10.0. The SMILES string of the molecule is COCCNCCNC(=O)c1ccc(-n2cnnc2)cc1.Cl. The molecule has 0 aliphatic carbocycles. The molecule has 0 radical (unpaired) electrons. The highest BCUT2D eigenvalue weighted by Crippen LogP contribution is 2.08. The van der Waals surface area contributed by atoms with Gasteiger partial charge >= 0.3 is 0 Å². The minimum atomic E-state index is -0.0844. The first-order valence-corrected chi connectivity index (χ1v) is 6.74. The van der Waals surface area contributed by atoms with Gasteiger partial charge in [-0.05, 0) is 24.3 Å². The lowest BCUT2D eigenvalue weighted by atomic mass is 10.2. The van der Waals surface area contributed by atoms with Gasteiger partial charge in [0.1, 0.15) is 12.7 Å². The molecule has 0 atom stereocenters. The highest BCUT2D eigenvalue weighted by Gasteiger charge is 2.05. The van der Waals surface area contributed by atoms with Gasteiger partial charge in [-0.2, -0.15) is 0 Å². The molecular formula is C14H20ClN5O2. The Morgan fingerprint density at radius 2 is 1.82 bits per heavy atom. The van der Waals surface area contributed by atoms with Crippen LogP contribution in [0.2, 0.25) is 0 Å². The summed E-state index contributed by atoms with van der Waals surface area (Å²) >= 11 is 0. The van der Waals surface area contributed by atoms with Gasteiger partial charge in [-0.15, -0.1) is 22.6 Å². The van der Waals surface area contributed by atoms with E-state index in [4.69, 9.17) is 4.74 Å². The molecule has 0 fully saturated rings. The Hall–Kier alpha value is -1.96. The van der Waals surface area contributed by atoms with Gasteiger partial charge in [-0.3, -0.25) is 9.36 Å². The van der Waals surface area contributed by atoms with Gasteiger partial charge in [-0.1, -0.05) is 0 Å². The first-order chi connectivity index (χ1) is 10.3. The predicted octanol–water partition coefficient (Wildman–Crippen LogP) is 0.655. The lowest BCUT2D eigenvalue weighted by Crippen LogP contribution is -2.33. The fourth-order valence-corrected chi connectivity index (χ4v) is 1.78. The Morgan fingerprint density at radius 3 is 2.45 bits per heavy atom. The molecule has 1 aromatic heterocycles. The number of aromatic nitrogens is 3. The molecule has 8 heteroatoms. The van der Waals surface area contributed by atoms with Crippen molar-refractivity contribution >= 4 is 18.3 Å². The summed E-state index contributed by atoms with van der Waals surface area (Å²) in [4.78, 5) is 11.9. The van der Waals surface area contributed by atoms with E-state index in [0.29, 0.717) is 25.3 Å². The summed E-state index contributed by atoms with van der Waals surface area (Å²) in [6.07, 6.45) is 3.22. The summed E-state index contributed by atoms with van der Waals surface area (Å²) < 4.78 is 6.70. The molecule has 2 N–H and O–H groups in total.